The fourth-order valence-corrected chi connectivity index (χ4v) is 4.01. The van der Waals surface area contributed by atoms with Gasteiger partial charge >= 0.3 is 12.1 Å². The van der Waals surface area contributed by atoms with E-state index in [1.54, 1.807) is 15.2 Å². The van der Waals surface area contributed by atoms with Crippen LogP contribution in [0.15, 0.2) is 18.2 Å². The molecule has 0 aliphatic rings. The number of ether oxygens (including phenoxy) is 2. The first-order valence-corrected chi connectivity index (χ1v) is 12.8. The van der Waals surface area contributed by atoms with E-state index in [1.807, 2.05) is 25.9 Å². The Bertz CT molecular complexity index is 1480. The summed E-state index contributed by atoms with van der Waals surface area (Å²) in [7, 11) is 3.73. The van der Waals surface area contributed by atoms with Gasteiger partial charge in [0.05, 0.1) is 6.54 Å². The molecule has 0 aliphatic carbocycles. The second kappa shape index (κ2) is 13.5. The van der Waals surface area contributed by atoms with Crippen LogP contribution in [0.5, 0.6) is 5.75 Å². The van der Waals surface area contributed by atoms with E-state index < -0.39 is 24.8 Å². The molecule has 0 fully saturated rings. The number of carbonyl (C=O) groups is 3. The van der Waals surface area contributed by atoms with Crippen molar-refractivity contribution >= 4 is 52.1 Å². The van der Waals surface area contributed by atoms with Crippen molar-refractivity contribution in [3.8, 4) is 5.75 Å². The number of hydrogen-bond donors (Lipinski definition) is 4. The zero-order chi connectivity index (χ0) is 31.2. The maximum atomic E-state index is 12.9. The van der Waals surface area contributed by atoms with Gasteiger partial charge in [0.25, 0.3) is 17.6 Å². The molecule has 228 valence electrons. The van der Waals surface area contributed by atoms with Crippen molar-refractivity contribution in [2.45, 2.75) is 32.7 Å². The van der Waals surface area contributed by atoms with Crippen LogP contribution in [0.2, 0.25) is 5.15 Å². The molecule has 0 bridgehead atoms. The van der Waals surface area contributed by atoms with Gasteiger partial charge in [-0.25, -0.2) is 23.9 Å². The molecular formula is C24H30ClF3N9O5+. The predicted molar refractivity (Wildman–Crippen MR) is 144 cm³/mol. The van der Waals surface area contributed by atoms with Crippen molar-refractivity contribution in [3.63, 3.8) is 0 Å². The number of nitrogens with two attached hydrogens (primary N) is 2. The Hall–Kier alpha value is -4.38. The number of nitrogens with one attached hydrogen (secondary N) is 2. The summed E-state index contributed by atoms with van der Waals surface area (Å²) in [6.45, 7) is 1.99. The Kier molecular flexibility index (Phi) is 10.3. The Labute approximate surface area is 242 Å². The van der Waals surface area contributed by atoms with Gasteiger partial charge in [-0.05, 0) is 33.2 Å². The van der Waals surface area contributed by atoms with Crippen LogP contribution in [0.4, 0.5) is 24.8 Å². The molecule has 0 aliphatic heterocycles. The van der Waals surface area contributed by atoms with Gasteiger partial charge in [0.15, 0.2) is 40.1 Å². The van der Waals surface area contributed by atoms with E-state index in [-0.39, 0.29) is 47.2 Å². The summed E-state index contributed by atoms with van der Waals surface area (Å²) in [6, 6.07) is 4.54. The number of likely N-dealkylation sites (N-methyl/N-ethyl adjacent to an activating group) is 1. The third kappa shape index (κ3) is 7.88. The van der Waals surface area contributed by atoms with Crippen LogP contribution in [0, 0.1) is 0 Å². The molecule has 3 rings (SSSR count). The second-order valence-electron chi connectivity index (χ2n) is 9.06. The minimum Gasteiger partial charge on any atom is -0.457 e. The number of nitrogens with zero attached hydrogens (tertiary/aromatic N) is 5. The lowest BCUT2D eigenvalue weighted by Gasteiger charge is -2.11. The van der Waals surface area contributed by atoms with Gasteiger partial charge in [0.1, 0.15) is 12.3 Å². The van der Waals surface area contributed by atoms with E-state index in [1.165, 1.54) is 12.1 Å². The number of fused-ring (bicyclic) bond motifs is 1. The highest BCUT2D eigenvalue weighted by atomic mass is 35.5. The van der Waals surface area contributed by atoms with Crippen molar-refractivity contribution in [3.05, 3.63) is 34.9 Å². The fourth-order valence-electron chi connectivity index (χ4n) is 3.88. The van der Waals surface area contributed by atoms with Gasteiger partial charge in [-0.3, -0.25) is 9.59 Å². The van der Waals surface area contributed by atoms with Gasteiger partial charge in [0.2, 0.25) is 6.79 Å². The number of nitrogen functional groups attached to an aromatic ring is 2. The summed E-state index contributed by atoms with van der Waals surface area (Å²) >= 11 is 5.90. The first-order chi connectivity index (χ1) is 19.7. The summed E-state index contributed by atoms with van der Waals surface area (Å²) in [5, 5.41) is 5.32. The lowest BCUT2D eigenvalue weighted by Crippen LogP contribution is -2.48. The number of esters is 1. The summed E-state index contributed by atoms with van der Waals surface area (Å²) in [5.74, 6) is -3.17. The zero-order valence-corrected chi connectivity index (χ0v) is 23.7. The van der Waals surface area contributed by atoms with E-state index in [0.717, 1.165) is 0 Å². The number of aryl methyl sites for hydroxylation is 1. The van der Waals surface area contributed by atoms with Crippen LogP contribution in [0.25, 0.3) is 11.0 Å². The van der Waals surface area contributed by atoms with Crippen LogP contribution in [0.1, 0.15) is 23.2 Å². The average molecular weight is 617 g/mol. The highest BCUT2D eigenvalue weighted by Crippen LogP contribution is 2.23. The third-order valence-corrected chi connectivity index (χ3v) is 6.10. The second-order valence-corrected chi connectivity index (χ2v) is 9.42. The number of imidazole rings is 1. The van der Waals surface area contributed by atoms with Crippen molar-refractivity contribution < 1.29 is 41.6 Å². The number of amides is 2. The smallest absolute Gasteiger partial charge is 0.457 e. The molecule has 2 aromatic heterocycles. The van der Waals surface area contributed by atoms with Gasteiger partial charge in [-0.2, -0.15) is 13.2 Å². The molecule has 0 atom stereocenters. The van der Waals surface area contributed by atoms with Crippen LogP contribution in [0.3, 0.4) is 0 Å². The maximum absolute atomic E-state index is 12.9. The molecule has 2 heterocycles. The number of halogens is 4. The number of carbonyl (C=O) groups excluding carboxylic acids is 3. The molecular weight excluding hydrogens is 587 g/mol. The SMILES string of the molecule is CCn1c(CNC(=O)c2nc(Cl)c(N)nc2N)[n+](CC(=O)NCCN(C)C)c2ccc(OCOC(=O)C(F)(F)F)cc21. The predicted octanol–water partition coefficient (Wildman–Crippen LogP) is 0.606. The monoisotopic (exact) mass is 616 g/mol. The topological polar surface area (TPSA) is 184 Å². The van der Waals surface area contributed by atoms with Gasteiger partial charge in [0, 0.05) is 19.2 Å². The fraction of sp³-hybridized carbons (Fsp3) is 0.417. The molecule has 2 amide bonds. The molecule has 0 spiro atoms. The van der Waals surface area contributed by atoms with Crippen molar-refractivity contribution in [1.29, 1.82) is 0 Å². The number of anilines is 2. The number of aromatic nitrogens is 4. The van der Waals surface area contributed by atoms with Crippen LogP contribution in [-0.2, 0) is 34.0 Å². The zero-order valence-electron chi connectivity index (χ0n) is 22.9. The molecule has 0 saturated carbocycles. The molecule has 3 aromatic rings. The van der Waals surface area contributed by atoms with E-state index in [2.05, 4.69) is 25.3 Å². The minimum absolute atomic E-state index is 0.0995. The maximum Gasteiger partial charge on any atom is 0.491 e. The quantitative estimate of drug-likeness (QED) is 0.128. The molecule has 0 saturated heterocycles. The van der Waals surface area contributed by atoms with E-state index >= 15 is 0 Å². The van der Waals surface area contributed by atoms with Gasteiger partial charge in [-0.15, -0.1) is 0 Å². The Morgan fingerprint density at radius 1 is 1.14 bits per heavy atom. The normalized spacial score (nSPS) is 11.5. The van der Waals surface area contributed by atoms with Crippen LogP contribution in [-0.4, -0.2) is 77.4 Å². The third-order valence-electron chi connectivity index (χ3n) is 5.82. The standard InChI is InChI=1S/C24H29ClF3N9O5/c1-4-36-15-9-13(41-12-42-23(40)24(26,27)28)5-6-14(15)37(11-16(38)31-7-8-35(2)3)17(36)10-32-22(39)18-20(29)34-21(30)19(25)33-18/h5-6,9H,4,7-8,10-12H2,1-3H3,(H5-,29,30,31,32,34,38,39)/p+1. The van der Waals surface area contributed by atoms with Crippen molar-refractivity contribution in [2.75, 3.05) is 45.4 Å². The summed E-state index contributed by atoms with van der Waals surface area (Å²) in [4.78, 5) is 46.3. The van der Waals surface area contributed by atoms with Crippen molar-refractivity contribution in [1.82, 2.24) is 30.1 Å². The Morgan fingerprint density at radius 3 is 2.50 bits per heavy atom. The molecule has 18 heteroatoms. The molecule has 42 heavy (non-hydrogen) atoms. The van der Waals surface area contributed by atoms with Gasteiger partial charge in [-0.1, -0.05) is 11.6 Å². The van der Waals surface area contributed by atoms with E-state index in [4.69, 9.17) is 27.8 Å². The summed E-state index contributed by atoms with van der Waals surface area (Å²) in [5.41, 5.74) is 12.2. The Balaban J connectivity index is 1.93. The first-order valence-electron chi connectivity index (χ1n) is 12.4. The number of alkyl halides is 3. The van der Waals surface area contributed by atoms with Crippen molar-refractivity contribution in [2.24, 2.45) is 0 Å². The van der Waals surface area contributed by atoms with Crippen LogP contribution >= 0.6 is 11.6 Å². The van der Waals surface area contributed by atoms with E-state index in [0.29, 0.717) is 36.5 Å². The minimum atomic E-state index is -5.16. The lowest BCUT2D eigenvalue weighted by molar-refractivity contribution is -0.667. The average Bonchev–Trinajstić information content (AvgIpc) is 3.19. The summed E-state index contributed by atoms with van der Waals surface area (Å²) < 4.78 is 50.0. The molecule has 0 radical (unpaired) electrons. The molecule has 6 N–H and O–H groups in total. The highest BCUT2D eigenvalue weighted by Gasteiger charge is 2.41. The Morgan fingerprint density at radius 2 is 1.86 bits per heavy atom. The lowest BCUT2D eigenvalue weighted by atomic mass is 10.3. The van der Waals surface area contributed by atoms with E-state index in [9.17, 15) is 27.6 Å². The summed E-state index contributed by atoms with van der Waals surface area (Å²) in [6.07, 6.45) is -5.16. The van der Waals surface area contributed by atoms with Gasteiger partial charge < -0.3 is 36.5 Å². The number of benzene rings is 1. The largest absolute Gasteiger partial charge is 0.491 e. The molecule has 0 unspecified atom stereocenters. The number of rotatable bonds is 12. The first kappa shape index (κ1) is 32.1. The molecule has 14 nitrogen and oxygen atoms in total. The number of hydrogen-bond acceptors (Lipinski definition) is 10. The highest BCUT2D eigenvalue weighted by molar-refractivity contribution is 6.31. The van der Waals surface area contributed by atoms with Crippen LogP contribution < -0.4 is 31.4 Å². The molecule has 1 aromatic carbocycles.